The number of anilines is 3. The third kappa shape index (κ3) is 3.06. The summed E-state index contributed by atoms with van der Waals surface area (Å²) in [6, 6.07) is 9.43. The molecular weight excluding hydrogens is 352 g/mol. The van der Waals surface area contributed by atoms with Crippen molar-refractivity contribution in [1.29, 1.82) is 0 Å². The van der Waals surface area contributed by atoms with Gasteiger partial charge in [-0.05, 0) is 30.7 Å². The summed E-state index contributed by atoms with van der Waals surface area (Å²) in [5.41, 5.74) is 6.09. The number of benzene rings is 2. The van der Waals surface area contributed by atoms with Gasteiger partial charge in [-0.15, -0.1) is 0 Å². The molecule has 1 atom stereocenters. The minimum Gasteiger partial charge on any atom is -0.392 e. The molecule has 134 valence electrons. The maximum absolute atomic E-state index is 13.6. The quantitative estimate of drug-likeness (QED) is 0.843. The number of aliphatic hydroxyl groups is 1. The van der Waals surface area contributed by atoms with Crippen LogP contribution in [-0.4, -0.2) is 32.7 Å². The molecule has 3 rings (SSSR count). The molecule has 1 heterocycles. The summed E-state index contributed by atoms with van der Waals surface area (Å²) in [6.07, 6.45) is -0.685. The molecule has 0 unspecified atom stereocenters. The van der Waals surface area contributed by atoms with Crippen LogP contribution in [0.5, 0.6) is 0 Å². The van der Waals surface area contributed by atoms with Gasteiger partial charge in [0.25, 0.3) is 0 Å². The van der Waals surface area contributed by atoms with Crippen LogP contribution < -0.4 is 14.3 Å². The number of hydrogen-bond acceptors (Lipinski definition) is 4. The Bertz CT molecular complexity index is 892. The van der Waals surface area contributed by atoms with E-state index < -0.39 is 27.9 Å². The van der Waals surface area contributed by atoms with Crippen LogP contribution in [-0.2, 0) is 10.2 Å². The summed E-state index contributed by atoms with van der Waals surface area (Å²) in [6.45, 7) is 0.0281. The Hall–Kier alpha value is -2.23. The zero-order valence-electron chi connectivity index (χ0n) is 13.1. The minimum atomic E-state index is -4.05. The first-order chi connectivity index (χ1) is 11.9. The highest BCUT2D eigenvalue weighted by atomic mass is 32.2. The van der Waals surface area contributed by atoms with Gasteiger partial charge in [0.15, 0.2) is 11.6 Å². The lowest BCUT2D eigenvalue weighted by Crippen LogP contribution is -2.37. The first-order valence-electron chi connectivity index (χ1n) is 7.61. The highest BCUT2D eigenvalue weighted by molar-refractivity contribution is 7.95. The summed E-state index contributed by atoms with van der Waals surface area (Å²) >= 11 is 0. The van der Waals surface area contributed by atoms with Crippen molar-refractivity contribution in [3.63, 3.8) is 0 Å². The van der Waals surface area contributed by atoms with Gasteiger partial charge < -0.3 is 10.8 Å². The second kappa shape index (κ2) is 6.58. The van der Waals surface area contributed by atoms with Gasteiger partial charge in [-0.3, -0.25) is 4.31 Å². The van der Waals surface area contributed by atoms with Gasteiger partial charge in [0.2, 0.25) is 0 Å². The lowest BCUT2D eigenvalue weighted by atomic mass is 10.2. The third-order valence-corrected chi connectivity index (χ3v) is 5.76. The molecule has 0 spiro atoms. The second-order valence-corrected chi connectivity index (χ2v) is 7.31. The number of rotatable bonds is 5. The third-order valence-electron chi connectivity index (χ3n) is 3.95. The van der Waals surface area contributed by atoms with E-state index in [1.807, 2.05) is 0 Å². The Morgan fingerprint density at radius 3 is 2.40 bits per heavy atom. The Labute approximate surface area is 144 Å². The fourth-order valence-corrected chi connectivity index (χ4v) is 4.42. The predicted molar refractivity (Wildman–Crippen MR) is 90.9 cm³/mol. The fourth-order valence-electron chi connectivity index (χ4n) is 2.70. The zero-order chi connectivity index (χ0) is 18.2. The number of nitrogens with zero attached hydrogens (tertiary/aromatic N) is 2. The van der Waals surface area contributed by atoms with E-state index in [0.717, 1.165) is 20.7 Å². The van der Waals surface area contributed by atoms with Crippen molar-refractivity contribution in [3.8, 4) is 0 Å². The van der Waals surface area contributed by atoms with Crippen molar-refractivity contribution in [3.05, 3.63) is 54.1 Å². The number of para-hydroxylation sites is 2. The maximum Gasteiger partial charge on any atom is 0.330 e. The summed E-state index contributed by atoms with van der Waals surface area (Å²) in [7, 11) is -4.05. The van der Waals surface area contributed by atoms with Crippen molar-refractivity contribution in [2.75, 3.05) is 21.7 Å². The molecule has 2 aromatic carbocycles. The molecule has 0 aliphatic carbocycles. The Kier molecular flexibility index (Phi) is 4.63. The fraction of sp³-hybridized carbons (Fsp3) is 0.250. The Morgan fingerprint density at radius 2 is 1.76 bits per heavy atom. The maximum atomic E-state index is 13.6. The normalized spacial score (nSPS) is 16.8. The van der Waals surface area contributed by atoms with Gasteiger partial charge >= 0.3 is 10.2 Å². The molecule has 0 saturated heterocycles. The van der Waals surface area contributed by atoms with Crippen LogP contribution in [0.15, 0.2) is 42.5 Å². The van der Waals surface area contributed by atoms with Gasteiger partial charge in [0, 0.05) is 19.2 Å². The lowest BCUT2D eigenvalue weighted by Gasteiger charge is -2.22. The first kappa shape index (κ1) is 17.6. The number of halogens is 2. The van der Waals surface area contributed by atoms with Crippen LogP contribution in [0.2, 0.25) is 0 Å². The van der Waals surface area contributed by atoms with Gasteiger partial charge in [-0.2, -0.15) is 8.42 Å². The van der Waals surface area contributed by atoms with E-state index in [-0.39, 0.29) is 25.2 Å². The van der Waals surface area contributed by atoms with E-state index in [1.165, 1.54) is 6.07 Å². The molecule has 3 N–H and O–H groups in total. The van der Waals surface area contributed by atoms with Crippen molar-refractivity contribution in [2.45, 2.75) is 12.5 Å². The van der Waals surface area contributed by atoms with E-state index in [4.69, 9.17) is 5.73 Å². The van der Waals surface area contributed by atoms with Crippen LogP contribution in [0, 0.1) is 11.6 Å². The van der Waals surface area contributed by atoms with E-state index in [9.17, 15) is 22.3 Å². The number of aliphatic hydroxyl groups excluding tert-OH is 1. The molecule has 0 radical (unpaired) electrons. The molecule has 6 nitrogen and oxygen atoms in total. The van der Waals surface area contributed by atoms with Crippen LogP contribution in [0.1, 0.15) is 6.42 Å². The largest absolute Gasteiger partial charge is 0.392 e. The number of nitrogens with two attached hydrogens (primary N) is 1. The summed E-state index contributed by atoms with van der Waals surface area (Å²) < 4.78 is 54.8. The molecule has 25 heavy (non-hydrogen) atoms. The molecule has 0 aromatic heterocycles. The lowest BCUT2D eigenvalue weighted by molar-refractivity contribution is 0.176. The van der Waals surface area contributed by atoms with Crippen molar-refractivity contribution in [2.24, 2.45) is 5.73 Å². The van der Waals surface area contributed by atoms with Gasteiger partial charge in [0.1, 0.15) is 0 Å². The van der Waals surface area contributed by atoms with Crippen LogP contribution >= 0.6 is 0 Å². The van der Waals surface area contributed by atoms with Crippen LogP contribution in [0.4, 0.5) is 25.8 Å². The SMILES string of the molecule is NC[C@@H](O)CCN1c2ccccc2N(c2ccc(F)c(F)c2)S1(=O)=O. The van der Waals surface area contributed by atoms with Crippen molar-refractivity contribution >= 4 is 27.3 Å². The Balaban J connectivity index is 2.06. The average molecular weight is 369 g/mol. The molecule has 0 amide bonds. The first-order valence-corrected chi connectivity index (χ1v) is 9.01. The second-order valence-electron chi connectivity index (χ2n) is 5.61. The van der Waals surface area contributed by atoms with Gasteiger partial charge in [-0.1, -0.05) is 12.1 Å². The van der Waals surface area contributed by atoms with Gasteiger partial charge in [-0.25, -0.2) is 13.1 Å². The molecule has 0 fully saturated rings. The highest BCUT2D eigenvalue weighted by Crippen LogP contribution is 2.45. The zero-order valence-corrected chi connectivity index (χ0v) is 14.0. The molecule has 9 heteroatoms. The van der Waals surface area contributed by atoms with Gasteiger partial charge in [0.05, 0.1) is 23.2 Å². The number of hydrogen-bond donors (Lipinski definition) is 2. The predicted octanol–water partition coefficient (Wildman–Crippen LogP) is 1.88. The van der Waals surface area contributed by atoms with Crippen molar-refractivity contribution in [1.82, 2.24) is 0 Å². The van der Waals surface area contributed by atoms with E-state index in [2.05, 4.69) is 0 Å². The van der Waals surface area contributed by atoms with Crippen molar-refractivity contribution < 1.29 is 22.3 Å². The Morgan fingerprint density at radius 1 is 1.08 bits per heavy atom. The topological polar surface area (TPSA) is 86.9 Å². The standard InChI is InChI=1S/C16H17F2N3O3S/c17-13-6-5-11(9-14(13)18)21-16-4-2-1-3-15(16)20(25(21,23)24)8-7-12(22)10-19/h1-6,9,12,22H,7-8,10,19H2/t12-/m0/s1. The molecule has 0 saturated carbocycles. The van der Waals surface area contributed by atoms with Crippen LogP contribution in [0.25, 0.3) is 0 Å². The van der Waals surface area contributed by atoms with E-state index >= 15 is 0 Å². The number of fused-ring (bicyclic) bond motifs is 1. The minimum absolute atomic E-state index is 0.00627. The molecule has 0 bridgehead atoms. The smallest absolute Gasteiger partial charge is 0.330 e. The molecule has 1 aliphatic rings. The van der Waals surface area contributed by atoms with E-state index in [0.29, 0.717) is 11.4 Å². The highest BCUT2D eigenvalue weighted by Gasteiger charge is 2.41. The molecule has 1 aliphatic heterocycles. The van der Waals surface area contributed by atoms with E-state index in [1.54, 1.807) is 24.3 Å². The summed E-state index contributed by atoms with van der Waals surface area (Å²) in [5.74, 6) is -2.20. The summed E-state index contributed by atoms with van der Waals surface area (Å²) in [4.78, 5) is 0. The molecular formula is C16H17F2N3O3S. The van der Waals surface area contributed by atoms with Crippen LogP contribution in [0.3, 0.4) is 0 Å². The molecule has 2 aromatic rings. The average Bonchev–Trinajstić information content (AvgIpc) is 2.81. The summed E-state index contributed by atoms with van der Waals surface area (Å²) in [5, 5.41) is 9.63. The monoisotopic (exact) mass is 369 g/mol.